The number of hydrogen-bond acceptors (Lipinski definition) is 5. The van der Waals surface area contributed by atoms with E-state index in [1.54, 1.807) is 29.2 Å². The van der Waals surface area contributed by atoms with Crippen LogP contribution in [0.1, 0.15) is 68.7 Å². The molecule has 1 amide bonds. The van der Waals surface area contributed by atoms with E-state index in [1.165, 1.54) is 16.8 Å². The van der Waals surface area contributed by atoms with E-state index < -0.39 is 20.0 Å². The largest absolute Gasteiger partial charge is 0.307 e. The number of anilines is 2. The standard InChI is InChI=1S/C27H33N3O5S2.H2/c1-36(32,33)28-21-9-10-24-23(16-21)27(13-3-2-4-14-27)19-30(24)25(31)20-7-5-8-22(15-20)37(34,35)29-17-26(18-29)11-6-12-26;/h5,7-10,15-16,28H,2-4,6,11-14,17-19H2,1H3;1H. The van der Waals surface area contributed by atoms with E-state index in [-0.39, 0.29) is 23.1 Å². The number of nitrogens with zero attached hydrogens (tertiary/aromatic N) is 2. The van der Waals surface area contributed by atoms with Crippen molar-refractivity contribution in [3.05, 3.63) is 53.6 Å². The molecule has 200 valence electrons. The molecule has 0 radical (unpaired) electrons. The van der Waals surface area contributed by atoms with E-state index in [9.17, 15) is 21.6 Å². The van der Waals surface area contributed by atoms with Gasteiger partial charge in [-0.15, -0.1) is 0 Å². The molecule has 6 rings (SSSR count). The quantitative estimate of drug-likeness (QED) is 0.602. The maximum atomic E-state index is 13.8. The van der Waals surface area contributed by atoms with Crippen molar-refractivity contribution in [2.75, 3.05) is 35.5 Å². The first-order chi connectivity index (χ1) is 17.5. The summed E-state index contributed by atoms with van der Waals surface area (Å²) in [5.41, 5.74) is 2.55. The third kappa shape index (κ3) is 4.27. The molecule has 2 spiro atoms. The molecular weight excluding hydrogens is 510 g/mol. The minimum absolute atomic E-state index is 0. The Morgan fingerprint density at radius 2 is 1.62 bits per heavy atom. The first kappa shape index (κ1) is 24.9. The highest BCUT2D eigenvalue weighted by Crippen LogP contribution is 2.51. The Bertz CT molecular complexity index is 1470. The molecule has 2 aromatic rings. The van der Waals surface area contributed by atoms with Gasteiger partial charge >= 0.3 is 0 Å². The fourth-order valence-electron chi connectivity index (χ4n) is 6.74. The van der Waals surface area contributed by atoms with Crippen LogP contribution in [0.15, 0.2) is 47.4 Å². The Morgan fingerprint density at radius 3 is 2.27 bits per heavy atom. The first-order valence-electron chi connectivity index (χ1n) is 13.1. The summed E-state index contributed by atoms with van der Waals surface area (Å²) < 4.78 is 54.3. The molecule has 0 bridgehead atoms. The van der Waals surface area contributed by atoms with Crippen LogP contribution in [0.25, 0.3) is 0 Å². The second kappa shape index (κ2) is 8.54. The third-order valence-electron chi connectivity index (χ3n) is 8.84. The number of amides is 1. The van der Waals surface area contributed by atoms with E-state index in [2.05, 4.69) is 4.72 Å². The van der Waals surface area contributed by atoms with Crippen LogP contribution < -0.4 is 9.62 Å². The maximum absolute atomic E-state index is 13.8. The second-order valence-electron chi connectivity index (χ2n) is 11.5. The van der Waals surface area contributed by atoms with Crippen LogP contribution in [0.2, 0.25) is 0 Å². The summed E-state index contributed by atoms with van der Waals surface area (Å²) in [4.78, 5) is 15.8. The summed E-state index contributed by atoms with van der Waals surface area (Å²) >= 11 is 0. The number of carbonyl (C=O) groups excluding carboxylic acids is 1. The average molecular weight is 546 g/mol. The van der Waals surface area contributed by atoms with Crippen LogP contribution in [0, 0.1) is 5.41 Å². The lowest BCUT2D eigenvalue weighted by Crippen LogP contribution is -2.61. The molecule has 1 saturated heterocycles. The molecule has 3 fully saturated rings. The molecule has 1 N–H and O–H groups in total. The lowest BCUT2D eigenvalue weighted by Gasteiger charge is -2.54. The van der Waals surface area contributed by atoms with Gasteiger partial charge < -0.3 is 4.90 Å². The Labute approximate surface area is 220 Å². The fourth-order valence-corrected chi connectivity index (χ4v) is 9.01. The lowest BCUT2D eigenvalue weighted by atomic mass is 9.65. The molecule has 37 heavy (non-hydrogen) atoms. The highest BCUT2D eigenvalue weighted by atomic mass is 32.2. The SMILES string of the molecule is CS(=O)(=O)Nc1ccc2c(c1)C1(CCCCC1)CN2C(=O)c1cccc(S(=O)(=O)N2CC3(CCC3)C2)c1.[HH]. The summed E-state index contributed by atoms with van der Waals surface area (Å²) in [6, 6.07) is 11.8. The van der Waals surface area contributed by atoms with Gasteiger partial charge in [0.15, 0.2) is 0 Å². The molecule has 0 atom stereocenters. The minimum atomic E-state index is -3.64. The Kier molecular flexibility index (Phi) is 5.74. The zero-order valence-corrected chi connectivity index (χ0v) is 22.7. The van der Waals surface area contributed by atoms with Gasteiger partial charge in [-0.25, -0.2) is 16.8 Å². The predicted octanol–water partition coefficient (Wildman–Crippen LogP) is 4.34. The number of carbonyl (C=O) groups is 1. The molecule has 2 aliphatic heterocycles. The Balaban J connectivity index is 0.00000294. The number of benzene rings is 2. The molecule has 2 heterocycles. The predicted molar refractivity (Wildman–Crippen MR) is 145 cm³/mol. The highest BCUT2D eigenvalue weighted by molar-refractivity contribution is 7.92. The Morgan fingerprint density at radius 1 is 0.892 bits per heavy atom. The summed E-state index contributed by atoms with van der Waals surface area (Å²) in [7, 11) is -7.07. The van der Waals surface area contributed by atoms with Gasteiger partial charge in [-0.05, 0) is 73.1 Å². The second-order valence-corrected chi connectivity index (χ2v) is 15.2. The fraction of sp³-hybridized carbons (Fsp3) is 0.519. The van der Waals surface area contributed by atoms with Crippen molar-refractivity contribution >= 4 is 37.3 Å². The van der Waals surface area contributed by atoms with Crippen LogP contribution in [0.4, 0.5) is 11.4 Å². The molecule has 2 saturated carbocycles. The number of fused-ring (bicyclic) bond motifs is 2. The number of hydrogen-bond donors (Lipinski definition) is 1. The van der Waals surface area contributed by atoms with Gasteiger partial charge in [0, 0.05) is 43.4 Å². The first-order valence-corrected chi connectivity index (χ1v) is 16.4. The molecule has 8 nitrogen and oxygen atoms in total. The van der Waals surface area contributed by atoms with Crippen molar-refractivity contribution < 1.29 is 23.1 Å². The zero-order chi connectivity index (χ0) is 26.1. The van der Waals surface area contributed by atoms with Crippen LogP contribution >= 0.6 is 0 Å². The molecule has 0 aromatic heterocycles. The van der Waals surface area contributed by atoms with Crippen molar-refractivity contribution in [3.63, 3.8) is 0 Å². The normalized spacial score (nSPS) is 22.4. The van der Waals surface area contributed by atoms with Gasteiger partial charge in [-0.1, -0.05) is 31.7 Å². The van der Waals surface area contributed by atoms with Crippen LogP contribution in [-0.4, -0.2) is 52.9 Å². The minimum Gasteiger partial charge on any atom is -0.307 e. The van der Waals surface area contributed by atoms with Gasteiger partial charge in [-0.2, -0.15) is 4.31 Å². The number of rotatable bonds is 5. The van der Waals surface area contributed by atoms with E-state index in [0.29, 0.717) is 30.9 Å². The van der Waals surface area contributed by atoms with Crippen molar-refractivity contribution in [2.45, 2.75) is 61.7 Å². The van der Waals surface area contributed by atoms with Crippen molar-refractivity contribution in [1.82, 2.24) is 4.31 Å². The molecule has 4 aliphatic rings. The van der Waals surface area contributed by atoms with Crippen molar-refractivity contribution in [1.29, 1.82) is 0 Å². The van der Waals surface area contributed by atoms with Crippen molar-refractivity contribution in [3.8, 4) is 0 Å². The van der Waals surface area contributed by atoms with Gasteiger partial charge in [0.25, 0.3) is 5.91 Å². The summed E-state index contributed by atoms with van der Waals surface area (Å²) in [6.45, 7) is 1.65. The zero-order valence-electron chi connectivity index (χ0n) is 21.1. The van der Waals surface area contributed by atoms with Gasteiger partial charge in [0.05, 0.1) is 11.2 Å². The van der Waals surface area contributed by atoms with Gasteiger partial charge in [0.1, 0.15) is 0 Å². The molecule has 2 aliphatic carbocycles. The van der Waals surface area contributed by atoms with Gasteiger partial charge in [0.2, 0.25) is 20.0 Å². The third-order valence-corrected chi connectivity index (χ3v) is 11.2. The summed E-state index contributed by atoms with van der Waals surface area (Å²) in [5.74, 6) is -0.233. The smallest absolute Gasteiger partial charge is 0.258 e. The molecular formula is C27H35N3O5S2. The highest BCUT2D eigenvalue weighted by Gasteiger charge is 2.51. The van der Waals surface area contributed by atoms with E-state index in [4.69, 9.17) is 0 Å². The summed E-state index contributed by atoms with van der Waals surface area (Å²) in [6.07, 6.45) is 9.58. The van der Waals surface area contributed by atoms with Gasteiger partial charge in [-0.3, -0.25) is 9.52 Å². The van der Waals surface area contributed by atoms with Crippen LogP contribution in [0.3, 0.4) is 0 Å². The van der Waals surface area contributed by atoms with Crippen molar-refractivity contribution in [2.24, 2.45) is 5.41 Å². The average Bonchev–Trinajstić information content (AvgIpc) is 3.09. The topological polar surface area (TPSA) is 104 Å². The number of nitrogens with one attached hydrogen (secondary N) is 1. The van der Waals surface area contributed by atoms with E-state index >= 15 is 0 Å². The summed E-state index contributed by atoms with van der Waals surface area (Å²) in [5, 5.41) is 0. The van der Waals surface area contributed by atoms with Crippen LogP contribution in [-0.2, 0) is 25.5 Å². The monoisotopic (exact) mass is 545 g/mol. The maximum Gasteiger partial charge on any atom is 0.258 e. The molecule has 0 unspecified atom stereocenters. The Hall–Kier alpha value is -2.43. The lowest BCUT2D eigenvalue weighted by molar-refractivity contribution is -0.00794. The number of sulfonamides is 2. The van der Waals surface area contributed by atoms with E-state index in [0.717, 1.165) is 62.5 Å². The molecule has 10 heteroatoms. The molecule has 2 aromatic carbocycles. The van der Waals surface area contributed by atoms with Crippen LogP contribution in [0.5, 0.6) is 0 Å². The van der Waals surface area contributed by atoms with E-state index in [1.807, 2.05) is 12.1 Å².